The first-order valence-corrected chi connectivity index (χ1v) is 9.26. The molecular weight excluding hydrogens is 326 g/mol. The molecule has 0 saturated heterocycles. The first-order valence-electron chi connectivity index (χ1n) is 9.26. The molecule has 1 fully saturated rings. The van der Waals surface area contributed by atoms with Crippen LogP contribution < -0.4 is 0 Å². The highest BCUT2D eigenvalue weighted by atomic mass is 16.4. The standard InChI is InChI=1S/C21H23N3O2/c1-15-22-23-20(26-15)13-21(25)24(18-10-3-4-11-18)14-17-9-6-8-16-7-2-5-12-19(16)17/h2,5-9,12,18H,3-4,10-11,13-14H2,1H3. The van der Waals surface area contributed by atoms with Gasteiger partial charge >= 0.3 is 0 Å². The predicted octanol–water partition coefficient (Wildman–Crippen LogP) is 4.05. The molecular formula is C21H23N3O2. The first kappa shape index (κ1) is 16.8. The Kier molecular flexibility index (Phi) is 4.69. The van der Waals surface area contributed by atoms with Crippen molar-refractivity contribution in [3.63, 3.8) is 0 Å². The molecule has 0 unspecified atom stereocenters. The van der Waals surface area contributed by atoms with Gasteiger partial charge < -0.3 is 9.32 Å². The zero-order valence-corrected chi connectivity index (χ0v) is 15.0. The van der Waals surface area contributed by atoms with Gasteiger partial charge in [-0.2, -0.15) is 0 Å². The number of aromatic nitrogens is 2. The molecule has 1 aromatic heterocycles. The fourth-order valence-corrected chi connectivity index (χ4v) is 3.89. The van der Waals surface area contributed by atoms with Crippen molar-refractivity contribution in [1.82, 2.24) is 15.1 Å². The first-order chi connectivity index (χ1) is 12.7. The van der Waals surface area contributed by atoms with E-state index in [4.69, 9.17) is 4.42 Å². The van der Waals surface area contributed by atoms with Crippen molar-refractivity contribution in [1.29, 1.82) is 0 Å². The molecule has 134 valence electrons. The molecule has 2 aromatic carbocycles. The van der Waals surface area contributed by atoms with E-state index in [1.165, 1.54) is 29.2 Å². The third-order valence-corrected chi connectivity index (χ3v) is 5.18. The van der Waals surface area contributed by atoms with Gasteiger partial charge in [-0.3, -0.25) is 4.79 Å². The zero-order chi connectivity index (χ0) is 17.9. The highest BCUT2D eigenvalue weighted by Crippen LogP contribution is 2.28. The number of aryl methyl sites for hydroxylation is 1. The minimum absolute atomic E-state index is 0.0634. The van der Waals surface area contributed by atoms with Gasteiger partial charge in [0.2, 0.25) is 17.7 Å². The molecule has 1 aliphatic carbocycles. The second-order valence-corrected chi connectivity index (χ2v) is 6.99. The lowest BCUT2D eigenvalue weighted by Crippen LogP contribution is -2.39. The van der Waals surface area contributed by atoms with E-state index in [1.807, 2.05) is 11.0 Å². The molecule has 0 radical (unpaired) electrons. The average molecular weight is 349 g/mol. The van der Waals surface area contributed by atoms with Gasteiger partial charge in [0.05, 0.1) is 0 Å². The van der Waals surface area contributed by atoms with E-state index >= 15 is 0 Å². The lowest BCUT2D eigenvalue weighted by Gasteiger charge is -2.29. The monoisotopic (exact) mass is 349 g/mol. The summed E-state index contributed by atoms with van der Waals surface area (Å²) >= 11 is 0. The Morgan fingerprint density at radius 1 is 1.12 bits per heavy atom. The summed E-state index contributed by atoms with van der Waals surface area (Å²) in [5.74, 6) is 0.955. The van der Waals surface area contributed by atoms with Crippen LogP contribution in [0.3, 0.4) is 0 Å². The Hall–Kier alpha value is -2.69. The summed E-state index contributed by atoms with van der Waals surface area (Å²) in [6, 6.07) is 14.9. The molecule has 1 heterocycles. The van der Waals surface area contributed by atoms with E-state index < -0.39 is 0 Å². The maximum Gasteiger partial charge on any atom is 0.232 e. The largest absolute Gasteiger partial charge is 0.425 e. The highest BCUT2D eigenvalue weighted by molar-refractivity contribution is 5.86. The van der Waals surface area contributed by atoms with Gasteiger partial charge in [0.1, 0.15) is 6.42 Å². The molecule has 0 bridgehead atoms. The summed E-state index contributed by atoms with van der Waals surface area (Å²) < 4.78 is 5.42. The van der Waals surface area contributed by atoms with Crippen molar-refractivity contribution in [3.05, 3.63) is 59.8 Å². The summed E-state index contributed by atoms with van der Waals surface area (Å²) in [5.41, 5.74) is 1.19. The number of hydrogen-bond acceptors (Lipinski definition) is 4. The van der Waals surface area contributed by atoms with Crippen molar-refractivity contribution < 1.29 is 9.21 Å². The van der Waals surface area contributed by atoms with Crippen molar-refractivity contribution in [2.45, 2.75) is 51.6 Å². The van der Waals surface area contributed by atoms with Crippen LogP contribution in [0.2, 0.25) is 0 Å². The van der Waals surface area contributed by atoms with Crippen LogP contribution in [0, 0.1) is 6.92 Å². The van der Waals surface area contributed by atoms with Crippen LogP contribution in [0.4, 0.5) is 0 Å². The van der Waals surface area contributed by atoms with E-state index in [-0.39, 0.29) is 12.3 Å². The molecule has 0 spiro atoms. The molecule has 5 heteroatoms. The zero-order valence-electron chi connectivity index (χ0n) is 15.0. The number of rotatable bonds is 5. The Morgan fingerprint density at radius 3 is 2.65 bits per heavy atom. The molecule has 1 saturated carbocycles. The van der Waals surface area contributed by atoms with Gasteiger partial charge in [0.25, 0.3) is 0 Å². The maximum absolute atomic E-state index is 13.0. The SMILES string of the molecule is Cc1nnc(CC(=O)N(Cc2cccc3ccccc23)C2CCCC2)o1. The second kappa shape index (κ2) is 7.28. The molecule has 0 N–H and O–H groups in total. The summed E-state index contributed by atoms with van der Waals surface area (Å²) in [6.45, 7) is 2.36. The molecule has 5 nitrogen and oxygen atoms in total. The average Bonchev–Trinajstić information content (AvgIpc) is 3.31. The van der Waals surface area contributed by atoms with Gasteiger partial charge in [0.15, 0.2) is 0 Å². The molecule has 0 aliphatic heterocycles. The summed E-state index contributed by atoms with van der Waals surface area (Å²) in [4.78, 5) is 15.1. The topological polar surface area (TPSA) is 59.2 Å². The lowest BCUT2D eigenvalue weighted by atomic mass is 10.0. The molecule has 3 aromatic rings. The van der Waals surface area contributed by atoms with E-state index in [0.717, 1.165) is 12.8 Å². The molecule has 4 rings (SSSR count). The van der Waals surface area contributed by atoms with Gasteiger partial charge in [-0.25, -0.2) is 0 Å². The summed E-state index contributed by atoms with van der Waals surface area (Å²) in [6.07, 6.45) is 4.67. The molecule has 26 heavy (non-hydrogen) atoms. The lowest BCUT2D eigenvalue weighted by molar-refractivity contribution is -0.133. The number of nitrogens with zero attached hydrogens (tertiary/aromatic N) is 3. The van der Waals surface area contributed by atoms with Crippen LogP contribution in [0.25, 0.3) is 10.8 Å². The minimum Gasteiger partial charge on any atom is -0.425 e. The third-order valence-electron chi connectivity index (χ3n) is 5.18. The molecule has 1 aliphatic rings. The Balaban J connectivity index is 1.61. The van der Waals surface area contributed by atoms with Gasteiger partial charge in [0, 0.05) is 19.5 Å². The Bertz CT molecular complexity index is 907. The maximum atomic E-state index is 13.0. The van der Waals surface area contributed by atoms with Crippen molar-refractivity contribution in [2.75, 3.05) is 0 Å². The van der Waals surface area contributed by atoms with Gasteiger partial charge in [-0.15, -0.1) is 10.2 Å². The number of carbonyl (C=O) groups is 1. The fourth-order valence-electron chi connectivity index (χ4n) is 3.89. The normalized spacial score (nSPS) is 14.8. The van der Waals surface area contributed by atoms with Crippen LogP contribution in [-0.4, -0.2) is 27.0 Å². The molecule has 1 amide bonds. The minimum atomic E-state index is 0.0634. The van der Waals surface area contributed by atoms with Crippen molar-refractivity contribution >= 4 is 16.7 Å². The predicted molar refractivity (Wildman–Crippen MR) is 99.5 cm³/mol. The van der Waals surface area contributed by atoms with Crippen molar-refractivity contribution in [3.8, 4) is 0 Å². The molecule has 0 atom stereocenters. The van der Waals surface area contributed by atoms with E-state index in [9.17, 15) is 4.79 Å². The van der Waals surface area contributed by atoms with Crippen molar-refractivity contribution in [2.24, 2.45) is 0 Å². The number of carbonyl (C=O) groups excluding carboxylic acids is 1. The smallest absolute Gasteiger partial charge is 0.232 e. The Morgan fingerprint density at radius 2 is 1.88 bits per heavy atom. The highest BCUT2D eigenvalue weighted by Gasteiger charge is 2.28. The van der Waals surface area contributed by atoms with Gasteiger partial charge in [-0.05, 0) is 29.2 Å². The number of amides is 1. The number of hydrogen-bond donors (Lipinski definition) is 0. The number of benzene rings is 2. The van der Waals surface area contributed by atoms with E-state index in [1.54, 1.807) is 6.92 Å². The van der Waals surface area contributed by atoms with Crippen LogP contribution in [0.1, 0.15) is 43.0 Å². The quantitative estimate of drug-likeness (QED) is 0.697. The van der Waals surface area contributed by atoms with Crippen LogP contribution in [0.15, 0.2) is 46.9 Å². The van der Waals surface area contributed by atoms with Gasteiger partial charge in [-0.1, -0.05) is 55.3 Å². The van der Waals surface area contributed by atoms with Crippen LogP contribution in [-0.2, 0) is 17.8 Å². The summed E-state index contributed by atoms with van der Waals surface area (Å²) in [7, 11) is 0. The van der Waals surface area contributed by atoms with Crippen LogP contribution in [0.5, 0.6) is 0 Å². The Labute approximate surface area is 153 Å². The summed E-state index contributed by atoms with van der Waals surface area (Å²) in [5, 5.41) is 10.2. The van der Waals surface area contributed by atoms with Crippen LogP contribution >= 0.6 is 0 Å². The van der Waals surface area contributed by atoms with E-state index in [0.29, 0.717) is 24.4 Å². The second-order valence-electron chi connectivity index (χ2n) is 6.99. The third kappa shape index (κ3) is 3.47. The fraction of sp³-hybridized carbons (Fsp3) is 0.381. The number of fused-ring (bicyclic) bond motifs is 1. The van der Waals surface area contributed by atoms with E-state index in [2.05, 4.69) is 46.6 Å².